The van der Waals surface area contributed by atoms with Gasteiger partial charge in [0.1, 0.15) is 0 Å². The number of hydrogen-bond donors (Lipinski definition) is 2. The Hall–Kier alpha value is -3.58. The maximum absolute atomic E-state index is 12.6. The first-order valence-electron chi connectivity index (χ1n) is 10.4. The SMILES string of the molecule is CNC(=O)c1cccc(NC(=O)CSc2nc3ccccc3n2CCc2ccccc2)c1. The molecule has 0 radical (unpaired) electrons. The van der Waals surface area contributed by atoms with E-state index in [1.165, 1.54) is 17.3 Å². The van der Waals surface area contributed by atoms with Crippen molar-refractivity contribution in [1.82, 2.24) is 14.9 Å². The molecule has 1 aromatic heterocycles. The number of hydrogen-bond acceptors (Lipinski definition) is 4. The summed E-state index contributed by atoms with van der Waals surface area (Å²) in [5.74, 6) is -0.118. The zero-order valence-electron chi connectivity index (χ0n) is 17.7. The van der Waals surface area contributed by atoms with Gasteiger partial charge in [0.25, 0.3) is 5.91 Å². The number of anilines is 1. The predicted molar refractivity (Wildman–Crippen MR) is 129 cm³/mol. The van der Waals surface area contributed by atoms with Gasteiger partial charge in [-0.1, -0.05) is 60.3 Å². The summed E-state index contributed by atoms with van der Waals surface area (Å²) in [5, 5.41) is 6.27. The number of nitrogens with zero attached hydrogens (tertiary/aromatic N) is 2. The molecule has 4 rings (SSSR count). The van der Waals surface area contributed by atoms with Crippen LogP contribution in [0.25, 0.3) is 11.0 Å². The van der Waals surface area contributed by atoms with Crippen molar-refractivity contribution in [3.05, 3.63) is 90.0 Å². The molecule has 0 bridgehead atoms. The predicted octanol–water partition coefficient (Wildman–Crippen LogP) is 4.37. The number of aryl methyl sites for hydroxylation is 2. The van der Waals surface area contributed by atoms with E-state index in [1.807, 2.05) is 36.4 Å². The number of imidazole rings is 1. The van der Waals surface area contributed by atoms with Gasteiger partial charge in [-0.3, -0.25) is 9.59 Å². The molecule has 0 spiro atoms. The minimum Gasteiger partial charge on any atom is -0.355 e. The first-order chi connectivity index (χ1) is 15.6. The number of rotatable bonds is 8. The van der Waals surface area contributed by atoms with E-state index in [-0.39, 0.29) is 17.6 Å². The summed E-state index contributed by atoms with van der Waals surface area (Å²) in [6.45, 7) is 0.780. The Morgan fingerprint density at radius 3 is 2.56 bits per heavy atom. The Morgan fingerprint density at radius 2 is 1.75 bits per heavy atom. The van der Waals surface area contributed by atoms with Crippen LogP contribution in [0.4, 0.5) is 5.69 Å². The van der Waals surface area contributed by atoms with Crippen LogP contribution in [-0.4, -0.2) is 34.2 Å². The second-order valence-corrected chi connectivity index (χ2v) is 8.21. The van der Waals surface area contributed by atoms with Gasteiger partial charge >= 0.3 is 0 Å². The second-order valence-electron chi connectivity index (χ2n) is 7.27. The molecular weight excluding hydrogens is 420 g/mol. The van der Waals surface area contributed by atoms with Gasteiger partial charge in [0.15, 0.2) is 5.16 Å². The van der Waals surface area contributed by atoms with Gasteiger partial charge in [-0.05, 0) is 42.3 Å². The molecule has 6 nitrogen and oxygen atoms in total. The highest BCUT2D eigenvalue weighted by atomic mass is 32.2. The van der Waals surface area contributed by atoms with Gasteiger partial charge in [0.2, 0.25) is 5.91 Å². The van der Waals surface area contributed by atoms with Crippen molar-refractivity contribution in [3.8, 4) is 0 Å². The third-order valence-electron chi connectivity index (χ3n) is 5.05. The highest BCUT2D eigenvalue weighted by Gasteiger charge is 2.14. The van der Waals surface area contributed by atoms with E-state index in [0.717, 1.165) is 29.2 Å². The third kappa shape index (κ3) is 5.18. The quantitative estimate of drug-likeness (QED) is 0.396. The number of nitrogens with one attached hydrogen (secondary N) is 2. The minimum absolute atomic E-state index is 0.147. The van der Waals surface area contributed by atoms with E-state index in [9.17, 15) is 9.59 Å². The summed E-state index contributed by atoms with van der Waals surface area (Å²) in [7, 11) is 1.58. The topological polar surface area (TPSA) is 76.0 Å². The molecule has 0 saturated carbocycles. The number of aromatic nitrogens is 2. The first-order valence-corrected chi connectivity index (χ1v) is 11.4. The molecule has 162 valence electrons. The maximum Gasteiger partial charge on any atom is 0.251 e. The number of fused-ring (bicyclic) bond motifs is 1. The largest absolute Gasteiger partial charge is 0.355 e. The summed E-state index contributed by atoms with van der Waals surface area (Å²) in [4.78, 5) is 29.1. The fraction of sp³-hybridized carbons (Fsp3) is 0.160. The van der Waals surface area contributed by atoms with Crippen molar-refractivity contribution in [2.75, 3.05) is 18.1 Å². The van der Waals surface area contributed by atoms with Crippen LogP contribution in [-0.2, 0) is 17.8 Å². The zero-order chi connectivity index (χ0) is 22.3. The fourth-order valence-corrected chi connectivity index (χ4v) is 4.32. The standard InChI is InChI=1S/C25H24N4O2S/c1-26-24(31)19-10-7-11-20(16-19)27-23(30)17-32-25-28-21-12-5-6-13-22(21)29(25)15-14-18-8-3-2-4-9-18/h2-13,16H,14-15,17H2,1H3,(H,26,31)(H,27,30). The van der Waals surface area contributed by atoms with Crippen molar-refractivity contribution < 1.29 is 9.59 Å². The summed E-state index contributed by atoms with van der Waals surface area (Å²) < 4.78 is 2.17. The molecule has 0 aliphatic heterocycles. The molecule has 4 aromatic rings. The van der Waals surface area contributed by atoms with Gasteiger partial charge in [-0.15, -0.1) is 0 Å². The van der Waals surface area contributed by atoms with E-state index >= 15 is 0 Å². The number of amides is 2. The summed E-state index contributed by atoms with van der Waals surface area (Å²) in [6.07, 6.45) is 0.882. The molecular formula is C25H24N4O2S. The van der Waals surface area contributed by atoms with Gasteiger partial charge in [0, 0.05) is 24.8 Å². The molecule has 0 atom stereocenters. The first kappa shape index (κ1) is 21.6. The van der Waals surface area contributed by atoms with Gasteiger partial charge in [0.05, 0.1) is 16.8 Å². The van der Waals surface area contributed by atoms with Crippen molar-refractivity contribution >= 4 is 40.3 Å². The maximum atomic E-state index is 12.6. The number of carbonyl (C=O) groups is 2. The van der Waals surface area contributed by atoms with Gasteiger partial charge in [-0.2, -0.15) is 0 Å². The Balaban J connectivity index is 1.45. The minimum atomic E-state index is -0.192. The van der Waals surface area contributed by atoms with Crippen molar-refractivity contribution in [3.63, 3.8) is 0 Å². The van der Waals surface area contributed by atoms with Crippen molar-refractivity contribution in [2.24, 2.45) is 0 Å². The number of carbonyl (C=O) groups excluding carboxylic acids is 2. The summed E-state index contributed by atoms with van der Waals surface area (Å²) in [5.41, 5.74) is 4.33. The number of para-hydroxylation sites is 2. The molecule has 0 saturated heterocycles. The molecule has 2 N–H and O–H groups in total. The molecule has 3 aromatic carbocycles. The fourth-order valence-electron chi connectivity index (χ4n) is 3.47. The second kappa shape index (κ2) is 10.2. The molecule has 1 heterocycles. The van der Waals surface area contributed by atoms with E-state index in [2.05, 4.69) is 33.4 Å². The smallest absolute Gasteiger partial charge is 0.251 e. The highest BCUT2D eigenvalue weighted by Crippen LogP contribution is 2.25. The van der Waals surface area contributed by atoms with Crippen LogP contribution in [0.3, 0.4) is 0 Å². The van der Waals surface area contributed by atoms with E-state index in [4.69, 9.17) is 4.98 Å². The zero-order valence-corrected chi connectivity index (χ0v) is 18.6. The van der Waals surface area contributed by atoms with Crippen LogP contribution in [0.5, 0.6) is 0 Å². The van der Waals surface area contributed by atoms with Crippen LogP contribution in [0.2, 0.25) is 0 Å². The summed E-state index contributed by atoms with van der Waals surface area (Å²) in [6, 6.07) is 25.2. The van der Waals surface area contributed by atoms with E-state index < -0.39 is 0 Å². The third-order valence-corrected chi connectivity index (χ3v) is 6.03. The van der Waals surface area contributed by atoms with Crippen LogP contribution in [0.1, 0.15) is 15.9 Å². The van der Waals surface area contributed by atoms with Crippen LogP contribution in [0, 0.1) is 0 Å². The highest BCUT2D eigenvalue weighted by molar-refractivity contribution is 7.99. The Bertz CT molecular complexity index is 1240. The normalized spacial score (nSPS) is 10.8. The average molecular weight is 445 g/mol. The van der Waals surface area contributed by atoms with Gasteiger partial charge < -0.3 is 15.2 Å². The molecule has 32 heavy (non-hydrogen) atoms. The molecule has 2 amide bonds. The molecule has 0 fully saturated rings. The van der Waals surface area contributed by atoms with Gasteiger partial charge in [-0.25, -0.2) is 4.98 Å². The summed E-state index contributed by atoms with van der Waals surface area (Å²) >= 11 is 1.41. The van der Waals surface area contributed by atoms with Crippen LogP contribution >= 0.6 is 11.8 Å². The molecule has 0 unspecified atom stereocenters. The number of benzene rings is 3. The lowest BCUT2D eigenvalue weighted by Crippen LogP contribution is -2.19. The molecule has 0 aliphatic carbocycles. The Kier molecular flexibility index (Phi) is 6.87. The van der Waals surface area contributed by atoms with Crippen molar-refractivity contribution in [1.29, 1.82) is 0 Å². The van der Waals surface area contributed by atoms with Crippen LogP contribution in [0.15, 0.2) is 84.0 Å². The Morgan fingerprint density at radius 1 is 0.969 bits per heavy atom. The van der Waals surface area contributed by atoms with E-state index in [0.29, 0.717) is 11.3 Å². The molecule has 0 aliphatic rings. The number of thioether (sulfide) groups is 1. The average Bonchev–Trinajstić information content (AvgIpc) is 3.19. The lowest BCUT2D eigenvalue weighted by atomic mass is 10.1. The van der Waals surface area contributed by atoms with Crippen molar-refractivity contribution in [2.45, 2.75) is 18.1 Å². The van der Waals surface area contributed by atoms with E-state index in [1.54, 1.807) is 31.3 Å². The van der Waals surface area contributed by atoms with Crippen LogP contribution < -0.4 is 10.6 Å². The molecule has 7 heteroatoms. The Labute approximate surface area is 191 Å². The monoisotopic (exact) mass is 444 g/mol. The lowest BCUT2D eigenvalue weighted by Gasteiger charge is -2.10. The lowest BCUT2D eigenvalue weighted by molar-refractivity contribution is -0.113.